The number of hydrogen-bond donors (Lipinski definition) is 1. The molecule has 4 nitrogen and oxygen atoms in total. The molecule has 1 N–H and O–H groups in total. The van der Waals surface area contributed by atoms with Gasteiger partial charge < -0.3 is 5.32 Å². The van der Waals surface area contributed by atoms with E-state index in [1.165, 1.54) is 23.5 Å². The van der Waals surface area contributed by atoms with Crippen molar-refractivity contribution in [3.63, 3.8) is 0 Å². The van der Waals surface area contributed by atoms with Crippen molar-refractivity contribution in [2.45, 2.75) is 12.4 Å². The number of aromatic nitrogens is 2. The molecule has 0 bridgehead atoms. The van der Waals surface area contributed by atoms with Gasteiger partial charge in [0.15, 0.2) is 4.96 Å². The number of thiazole rings is 1. The van der Waals surface area contributed by atoms with Gasteiger partial charge in [0, 0.05) is 34.6 Å². The SMILES string of the molecule is O=C(Nc1ccc(-c2cn3ccsc3n2)cc1)c1cc(C(F)(F)F)cc(C(F)(F)F)c1. The minimum absolute atomic E-state index is 0.0265. The lowest BCUT2D eigenvalue weighted by atomic mass is 10.0. The molecule has 0 saturated heterocycles. The van der Waals surface area contributed by atoms with Gasteiger partial charge in [-0.1, -0.05) is 12.1 Å². The molecule has 0 radical (unpaired) electrons. The van der Waals surface area contributed by atoms with E-state index in [1.54, 1.807) is 18.3 Å². The van der Waals surface area contributed by atoms with Crippen molar-refractivity contribution >= 4 is 27.9 Å². The second-order valence-corrected chi connectivity index (χ2v) is 7.42. The van der Waals surface area contributed by atoms with Crippen LogP contribution in [0.1, 0.15) is 21.5 Å². The van der Waals surface area contributed by atoms with Crippen LogP contribution in [0.3, 0.4) is 0 Å². The van der Waals surface area contributed by atoms with E-state index < -0.39 is 35.0 Å². The summed E-state index contributed by atoms with van der Waals surface area (Å²) in [6, 6.07) is 6.98. The number of nitrogens with one attached hydrogen (secondary N) is 1. The van der Waals surface area contributed by atoms with Gasteiger partial charge in [-0.3, -0.25) is 9.20 Å². The van der Waals surface area contributed by atoms with Gasteiger partial charge in [-0.15, -0.1) is 11.3 Å². The minimum atomic E-state index is -5.03. The van der Waals surface area contributed by atoms with Crippen LogP contribution >= 0.6 is 11.3 Å². The lowest BCUT2D eigenvalue weighted by Gasteiger charge is -2.14. The first-order chi connectivity index (χ1) is 14.5. The Kier molecular flexibility index (Phi) is 5.00. The first-order valence-electron chi connectivity index (χ1n) is 8.64. The molecular formula is C20H11F6N3OS. The standard InChI is InChI=1S/C20H11F6N3OS/c21-19(22,23)13-7-12(8-14(9-13)20(24,25)26)17(30)27-15-3-1-11(2-4-15)16-10-29-5-6-31-18(29)28-16/h1-10H,(H,27,30). The summed E-state index contributed by atoms with van der Waals surface area (Å²) in [5.41, 5.74) is -2.24. The summed E-state index contributed by atoms with van der Waals surface area (Å²) in [6.45, 7) is 0. The van der Waals surface area contributed by atoms with Crippen molar-refractivity contribution in [1.29, 1.82) is 0 Å². The summed E-state index contributed by atoms with van der Waals surface area (Å²) in [5, 5.41) is 4.20. The molecule has 0 unspecified atom stereocenters. The van der Waals surface area contributed by atoms with E-state index in [0.717, 1.165) is 10.5 Å². The van der Waals surface area contributed by atoms with Gasteiger partial charge in [0.25, 0.3) is 5.91 Å². The minimum Gasteiger partial charge on any atom is -0.322 e. The van der Waals surface area contributed by atoms with Crippen LogP contribution in [0, 0.1) is 0 Å². The van der Waals surface area contributed by atoms with Crippen LogP contribution in [0.5, 0.6) is 0 Å². The van der Waals surface area contributed by atoms with Crippen LogP contribution in [0.25, 0.3) is 16.2 Å². The predicted molar refractivity (Wildman–Crippen MR) is 103 cm³/mol. The van der Waals surface area contributed by atoms with Crippen LogP contribution in [-0.4, -0.2) is 15.3 Å². The summed E-state index contributed by atoms with van der Waals surface area (Å²) in [5.74, 6) is -1.09. The zero-order valence-corrected chi connectivity index (χ0v) is 16.1. The maximum Gasteiger partial charge on any atom is 0.416 e. The largest absolute Gasteiger partial charge is 0.416 e. The van der Waals surface area contributed by atoms with E-state index in [9.17, 15) is 31.1 Å². The summed E-state index contributed by atoms with van der Waals surface area (Å²) in [4.78, 5) is 17.6. The Morgan fingerprint density at radius 3 is 2.10 bits per heavy atom. The smallest absolute Gasteiger partial charge is 0.322 e. The van der Waals surface area contributed by atoms with Gasteiger partial charge in [0.1, 0.15) is 0 Å². The van der Waals surface area contributed by atoms with Gasteiger partial charge in [-0.05, 0) is 30.3 Å². The Labute approximate surface area is 174 Å². The van der Waals surface area contributed by atoms with Gasteiger partial charge in [0.05, 0.1) is 16.8 Å². The molecule has 0 fully saturated rings. The molecule has 0 aliphatic heterocycles. The van der Waals surface area contributed by atoms with Crippen molar-refractivity contribution in [2.75, 3.05) is 5.32 Å². The molecule has 0 spiro atoms. The lowest BCUT2D eigenvalue weighted by Crippen LogP contribution is -2.17. The number of carbonyl (C=O) groups excluding carboxylic acids is 1. The summed E-state index contributed by atoms with van der Waals surface area (Å²) < 4.78 is 79.7. The second kappa shape index (κ2) is 7.41. The van der Waals surface area contributed by atoms with Crippen LogP contribution in [0.4, 0.5) is 32.0 Å². The van der Waals surface area contributed by atoms with Crippen molar-refractivity contribution < 1.29 is 31.1 Å². The molecule has 0 aliphatic rings. The first-order valence-corrected chi connectivity index (χ1v) is 9.52. The monoisotopic (exact) mass is 455 g/mol. The highest BCUT2D eigenvalue weighted by Crippen LogP contribution is 2.36. The van der Waals surface area contributed by atoms with E-state index in [2.05, 4.69) is 10.3 Å². The van der Waals surface area contributed by atoms with Crippen LogP contribution < -0.4 is 5.32 Å². The number of imidazole rings is 1. The Bertz CT molecular complexity index is 1190. The van der Waals surface area contributed by atoms with Gasteiger partial charge in [-0.25, -0.2) is 4.98 Å². The lowest BCUT2D eigenvalue weighted by molar-refractivity contribution is -0.143. The molecule has 160 valence electrons. The molecule has 0 saturated carbocycles. The Hall–Kier alpha value is -3.34. The fourth-order valence-electron chi connectivity index (χ4n) is 2.88. The van der Waals surface area contributed by atoms with E-state index >= 15 is 0 Å². The maximum atomic E-state index is 13.0. The fraction of sp³-hybridized carbons (Fsp3) is 0.100. The van der Waals surface area contributed by atoms with Crippen LogP contribution in [0.15, 0.2) is 60.2 Å². The van der Waals surface area contributed by atoms with E-state index in [4.69, 9.17) is 0 Å². The number of benzene rings is 2. The summed E-state index contributed by atoms with van der Waals surface area (Å²) >= 11 is 1.45. The molecule has 4 rings (SSSR count). The molecule has 2 aromatic carbocycles. The van der Waals surface area contributed by atoms with Crippen LogP contribution in [-0.2, 0) is 12.4 Å². The topological polar surface area (TPSA) is 46.4 Å². The molecule has 2 aromatic heterocycles. The molecular weight excluding hydrogens is 444 g/mol. The quantitative estimate of drug-likeness (QED) is 0.366. The normalized spacial score (nSPS) is 12.3. The number of fused-ring (bicyclic) bond motifs is 1. The van der Waals surface area contributed by atoms with Gasteiger partial charge >= 0.3 is 12.4 Å². The Morgan fingerprint density at radius 1 is 0.935 bits per heavy atom. The highest BCUT2D eigenvalue weighted by atomic mass is 32.1. The number of nitrogens with zero attached hydrogens (tertiary/aromatic N) is 2. The average molecular weight is 455 g/mol. The molecule has 0 aliphatic carbocycles. The van der Waals surface area contributed by atoms with Crippen molar-refractivity contribution in [2.24, 2.45) is 0 Å². The number of amides is 1. The predicted octanol–water partition coefficient (Wildman–Crippen LogP) is 6.35. The third-order valence-electron chi connectivity index (χ3n) is 4.38. The van der Waals surface area contributed by atoms with Gasteiger partial charge in [0.2, 0.25) is 0 Å². The number of alkyl halides is 6. The van der Waals surface area contributed by atoms with Crippen molar-refractivity contribution in [3.8, 4) is 11.3 Å². The molecule has 31 heavy (non-hydrogen) atoms. The molecule has 1 amide bonds. The highest BCUT2D eigenvalue weighted by Gasteiger charge is 2.37. The van der Waals surface area contributed by atoms with Crippen LogP contribution in [0.2, 0.25) is 0 Å². The van der Waals surface area contributed by atoms with Gasteiger partial charge in [-0.2, -0.15) is 26.3 Å². The van der Waals surface area contributed by atoms with E-state index in [0.29, 0.717) is 17.8 Å². The molecule has 11 heteroatoms. The second-order valence-electron chi connectivity index (χ2n) is 6.55. The maximum absolute atomic E-state index is 13.0. The number of anilines is 1. The molecule has 2 heterocycles. The molecule has 4 aromatic rings. The zero-order valence-electron chi connectivity index (χ0n) is 15.3. The number of carbonyl (C=O) groups is 1. The first kappa shape index (κ1) is 20.9. The number of hydrogen-bond acceptors (Lipinski definition) is 3. The summed E-state index contributed by atoms with van der Waals surface area (Å²) in [7, 11) is 0. The Morgan fingerprint density at radius 2 is 1.55 bits per heavy atom. The van der Waals surface area contributed by atoms with E-state index in [1.807, 2.05) is 16.0 Å². The van der Waals surface area contributed by atoms with E-state index in [-0.39, 0.29) is 11.8 Å². The van der Waals surface area contributed by atoms with Crippen molar-refractivity contribution in [3.05, 3.63) is 76.9 Å². The highest BCUT2D eigenvalue weighted by molar-refractivity contribution is 7.15. The van der Waals surface area contributed by atoms with Crippen molar-refractivity contribution in [1.82, 2.24) is 9.38 Å². The third-order valence-corrected chi connectivity index (χ3v) is 5.15. The fourth-order valence-corrected chi connectivity index (χ4v) is 3.58. The third kappa shape index (κ3) is 4.41. The molecule has 0 atom stereocenters. The number of rotatable bonds is 3. The Balaban J connectivity index is 1.58. The average Bonchev–Trinajstić information content (AvgIpc) is 3.29. The summed E-state index contributed by atoms with van der Waals surface area (Å²) in [6.07, 6.45) is -6.41. The number of halogens is 6. The zero-order chi connectivity index (χ0) is 22.4.